The number of carboxylic acids is 1. The highest BCUT2D eigenvalue weighted by Crippen LogP contribution is 2.19. The number of nitrogens with two attached hydrogens (primary N) is 3. The fourth-order valence-electron chi connectivity index (χ4n) is 4.32. The molecule has 0 radical (unpaired) electrons. The number of hydrogen-bond donors (Lipinski definition) is 8. The van der Waals surface area contributed by atoms with Gasteiger partial charge >= 0.3 is 5.97 Å². The number of carboxylic acid groups (broad SMARTS) is 1. The molecule has 0 saturated carbocycles. The number of amides is 4. The van der Waals surface area contributed by atoms with Crippen molar-refractivity contribution in [2.75, 3.05) is 6.54 Å². The molecule has 13 nitrogen and oxygen atoms in total. The largest absolute Gasteiger partial charge is 0.480 e. The van der Waals surface area contributed by atoms with E-state index in [1.165, 1.54) is 0 Å². The summed E-state index contributed by atoms with van der Waals surface area (Å²) in [5.74, 6) is -4.26. The minimum absolute atomic E-state index is 0.0114. The van der Waals surface area contributed by atoms with E-state index in [0.717, 1.165) is 16.5 Å². The maximum absolute atomic E-state index is 13.3. The lowest BCUT2D eigenvalue weighted by Gasteiger charge is -2.26. The molecular formula is C27H41N7O6. The number of hydrogen-bond acceptors (Lipinski definition) is 7. The van der Waals surface area contributed by atoms with E-state index in [4.69, 9.17) is 17.2 Å². The Labute approximate surface area is 233 Å². The van der Waals surface area contributed by atoms with Gasteiger partial charge in [-0.2, -0.15) is 0 Å². The molecule has 1 aromatic carbocycles. The van der Waals surface area contributed by atoms with Crippen LogP contribution in [0, 0.1) is 5.92 Å². The van der Waals surface area contributed by atoms with E-state index in [0.29, 0.717) is 19.4 Å². The average molecular weight is 560 g/mol. The zero-order valence-electron chi connectivity index (χ0n) is 22.9. The fraction of sp³-hybridized carbons (Fsp3) is 0.519. The highest BCUT2D eigenvalue weighted by atomic mass is 16.4. The molecular weight excluding hydrogens is 518 g/mol. The second-order valence-corrected chi connectivity index (χ2v) is 10.3. The number of carbonyl (C=O) groups is 5. The Bertz CT molecular complexity index is 1180. The van der Waals surface area contributed by atoms with E-state index >= 15 is 0 Å². The fourth-order valence-corrected chi connectivity index (χ4v) is 4.32. The summed E-state index contributed by atoms with van der Waals surface area (Å²) in [7, 11) is 0. The number of nitrogens with one attached hydrogen (secondary N) is 4. The number of H-pyrrole nitrogens is 1. The molecule has 0 aliphatic rings. The highest BCUT2D eigenvalue weighted by Gasteiger charge is 2.31. The van der Waals surface area contributed by atoms with Crippen molar-refractivity contribution in [3.63, 3.8) is 0 Å². The molecule has 1 heterocycles. The van der Waals surface area contributed by atoms with Crippen LogP contribution < -0.4 is 33.2 Å². The number of aromatic nitrogens is 1. The lowest BCUT2D eigenvalue weighted by Crippen LogP contribution is -2.57. The molecule has 2 rings (SSSR count). The molecule has 0 aliphatic carbocycles. The molecule has 40 heavy (non-hydrogen) atoms. The zero-order chi connectivity index (χ0) is 29.8. The molecule has 2 aromatic rings. The third kappa shape index (κ3) is 9.97. The summed E-state index contributed by atoms with van der Waals surface area (Å²) in [5, 5.41) is 17.9. The Morgan fingerprint density at radius 2 is 1.55 bits per heavy atom. The van der Waals surface area contributed by atoms with E-state index in [1.54, 1.807) is 6.20 Å². The second-order valence-electron chi connectivity index (χ2n) is 10.3. The van der Waals surface area contributed by atoms with Crippen LogP contribution in [0.15, 0.2) is 30.5 Å². The summed E-state index contributed by atoms with van der Waals surface area (Å²) < 4.78 is 0. The molecule has 4 amide bonds. The van der Waals surface area contributed by atoms with Crippen LogP contribution in [-0.2, 0) is 30.4 Å². The van der Waals surface area contributed by atoms with Gasteiger partial charge in [-0.1, -0.05) is 32.0 Å². The Hall–Kier alpha value is -3.97. The van der Waals surface area contributed by atoms with Gasteiger partial charge in [-0.25, -0.2) is 4.79 Å². The third-order valence-electron chi connectivity index (χ3n) is 6.39. The van der Waals surface area contributed by atoms with Gasteiger partial charge in [0.05, 0.1) is 12.5 Å². The number of rotatable bonds is 17. The maximum atomic E-state index is 13.3. The quantitative estimate of drug-likeness (QED) is 0.119. The molecule has 4 atom stereocenters. The van der Waals surface area contributed by atoms with Gasteiger partial charge in [-0.15, -0.1) is 0 Å². The van der Waals surface area contributed by atoms with Crippen LogP contribution in [0.5, 0.6) is 0 Å². The van der Waals surface area contributed by atoms with Gasteiger partial charge in [0, 0.05) is 17.1 Å². The average Bonchev–Trinajstić information content (AvgIpc) is 3.29. The molecule has 0 fully saturated rings. The highest BCUT2D eigenvalue weighted by molar-refractivity contribution is 5.95. The van der Waals surface area contributed by atoms with E-state index in [9.17, 15) is 29.1 Å². The second kappa shape index (κ2) is 15.6. The predicted molar refractivity (Wildman–Crippen MR) is 150 cm³/mol. The van der Waals surface area contributed by atoms with Gasteiger partial charge in [0.1, 0.15) is 18.1 Å². The molecule has 0 saturated heterocycles. The SMILES string of the molecule is CC(C)CC(NC(=O)C(N)Cc1c[nH]c2ccccc12)C(=O)NC(CCCCN)C(=O)NC(CC(N)=O)C(=O)O. The smallest absolute Gasteiger partial charge is 0.326 e. The van der Waals surface area contributed by atoms with Crippen molar-refractivity contribution in [3.05, 3.63) is 36.0 Å². The number of fused-ring (bicyclic) bond motifs is 1. The number of unbranched alkanes of at least 4 members (excludes halogenated alkanes) is 1. The van der Waals surface area contributed by atoms with Crippen molar-refractivity contribution in [2.45, 2.75) is 76.5 Å². The Morgan fingerprint density at radius 1 is 0.925 bits per heavy atom. The van der Waals surface area contributed by atoms with Gasteiger partial charge in [0.2, 0.25) is 23.6 Å². The summed E-state index contributed by atoms with van der Waals surface area (Å²) in [5.41, 5.74) is 18.6. The van der Waals surface area contributed by atoms with E-state index < -0.39 is 60.2 Å². The summed E-state index contributed by atoms with van der Waals surface area (Å²) in [4.78, 5) is 65.2. The normalized spacial score (nSPS) is 14.2. The summed E-state index contributed by atoms with van der Waals surface area (Å²) in [6, 6.07) is 3.03. The van der Waals surface area contributed by atoms with Crippen molar-refractivity contribution in [3.8, 4) is 0 Å². The monoisotopic (exact) mass is 559 g/mol. The number of benzene rings is 1. The molecule has 1 aromatic heterocycles. The van der Waals surface area contributed by atoms with Gasteiger partial charge in [0.15, 0.2) is 0 Å². The van der Waals surface area contributed by atoms with E-state index in [1.807, 2.05) is 38.1 Å². The Kier molecular flexibility index (Phi) is 12.6. The van der Waals surface area contributed by atoms with Gasteiger partial charge in [0.25, 0.3) is 0 Å². The summed E-state index contributed by atoms with van der Waals surface area (Å²) in [6.07, 6.45) is 2.91. The number of aromatic amines is 1. The van der Waals surface area contributed by atoms with Crippen molar-refractivity contribution >= 4 is 40.5 Å². The number of para-hydroxylation sites is 1. The first-order valence-electron chi connectivity index (χ1n) is 13.4. The molecule has 0 bridgehead atoms. The number of carbonyl (C=O) groups excluding carboxylic acids is 4. The standard InChI is InChI=1S/C27H41N7O6/c1-15(2)11-21(33-24(36)18(29)12-16-14-31-19-8-4-3-7-17(16)19)26(38)32-20(9-5-6-10-28)25(37)34-22(27(39)40)13-23(30)35/h3-4,7-8,14-15,18,20-22,31H,5-6,9-13,28-29H2,1-2H3,(H2,30,35)(H,32,38)(H,33,36)(H,34,37)(H,39,40). The minimum atomic E-state index is -1.55. The van der Waals surface area contributed by atoms with Gasteiger partial charge in [-0.05, 0) is 56.2 Å². The van der Waals surface area contributed by atoms with E-state index in [2.05, 4.69) is 20.9 Å². The molecule has 4 unspecified atom stereocenters. The Morgan fingerprint density at radius 3 is 2.17 bits per heavy atom. The minimum Gasteiger partial charge on any atom is -0.480 e. The first kappa shape index (κ1) is 32.2. The van der Waals surface area contributed by atoms with Crippen molar-refractivity contribution < 1.29 is 29.1 Å². The molecule has 11 N–H and O–H groups in total. The first-order valence-corrected chi connectivity index (χ1v) is 13.4. The van der Waals surface area contributed by atoms with Crippen LogP contribution in [-0.4, -0.2) is 70.4 Å². The van der Waals surface area contributed by atoms with Crippen molar-refractivity contribution in [1.29, 1.82) is 0 Å². The number of primary amides is 1. The zero-order valence-corrected chi connectivity index (χ0v) is 22.9. The topological polar surface area (TPSA) is 236 Å². The molecule has 0 aliphatic heterocycles. The summed E-state index contributed by atoms with van der Waals surface area (Å²) >= 11 is 0. The van der Waals surface area contributed by atoms with Gasteiger partial charge < -0.3 is 43.2 Å². The summed E-state index contributed by atoms with van der Waals surface area (Å²) in [6.45, 7) is 4.12. The lowest BCUT2D eigenvalue weighted by molar-refractivity contribution is -0.143. The van der Waals surface area contributed by atoms with Crippen LogP contribution in [0.3, 0.4) is 0 Å². The molecule has 13 heteroatoms. The van der Waals surface area contributed by atoms with Crippen LogP contribution in [0.25, 0.3) is 10.9 Å². The van der Waals surface area contributed by atoms with Crippen molar-refractivity contribution in [2.24, 2.45) is 23.1 Å². The molecule has 0 spiro atoms. The Balaban J connectivity index is 2.13. The van der Waals surface area contributed by atoms with Crippen molar-refractivity contribution in [1.82, 2.24) is 20.9 Å². The van der Waals surface area contributed by atoms with Gasteiger partial charge in [-0.3, -0.25) is 19.2 Å². The van der Waals surface area contributed by atoms with Crippen LogP contribution >= 0.6 is 0 Å². The van der Waals surface area contributed by atoms with Crippen LogP contribution in [0.2, 0.25) is 0 Å². The van der Waals surface area contributed by atoms with Crippen LogP contribution in [0.1, 0.15) is 51.5 Å². The predicted octanol–water partition coefficient (Wildman–Crippen LogP) is -0.373. The molecule has 220 valence electrons. The van der Waals surface area contributed by atoms with E-state index in [-0.39, 0.29) is 25.2 Å². The first-order chi connectivity index (χ1) is 18.9. The third-order valence-corrected chi connectivity index (χ3v) is 6.39. The van der Waals surface area contributed by atoms with Crippen LogP contribution in [0.4, 0.5) is 0 Å². The lowest BCUT2D eigenvalue weighted by atomic mass is 10.00. The maximum Gasteiger partial charge on any atom is 0.326 e. The number of aliphatic carboxylic acids is 1.